The van der Waals surface area contributed by atoms with Crippen LogP contribution in [0.25, 0.3) is 6.08 Å². The highest BCUT2D eigenvalue weighted by atomic mass is 79.9. The van der Waals surface area contributed by atoms with E-state index in [1.807, 2.05) is 49.4 Å². The Bertz CT molecular complexity index is 693. The molecule has 23 heavy (non-hydrogen) atoms. The van der Waals surface area contributed by atoms with Gasteiger partial charge in [-0.15, -0.1) is 0 Å². The quantitative estimate of drug-likeness (QED) is 0.706. The van der Waals surface area contributed by atoms with Gasteiger partial charge in [-0.2, -0.15) is 0 Å². The van der Waals surface area contributed by atoms with E-state index in [1.165, 1.54) is 6.08 Å². The summed E-state index contributed by atoms with van der Waals surface area (Å²) in [6, 6.07) is 13.4. The number of aryl methyl sites for hydroxylation is 1. The second-order valence-electron chi connectivity index (χ2n) is 5.20. The van der Waals surface area contributed by atoms with Crippen LogP contribution in [0.15, 0.2) is 53.0 Å². The molecule has 0 spiro atoms. The Morgan fingerprint density at radius 2 is 1.96 bits per heavy atom. The number of carbonyl (C=O) groups is 1. The van der Waals surface area contributed by atoms with Crippen molar-refractivity contribution < 1.29 is 9.53 Å². The van der Waals surface area contributed by atoms with Gasteiger partial charge in [0.25, 0.3) is 0 Å². The number of carbonyl (C=O) groups excluding carboxylic acids is 1. The Morgan fingerprint density at radius 3 is 2.61 bits per heavy atom. The SMILES string of the molecule is CCCOc1ccc(/C=C/C(=O)Nc2ccc(C)c(Br)c2)cc1. The number of benzene rings is 2. The van der Waals surface area contributed by atoms with Gasteiger partial charge < -0.3 is 10.1 Å². The Morgan fingerprint density at radius 1 is 1.22 bits per heavy atom. The number of hydrogen-bond donors (Lipinski definition) is 1. The molecule has 2 aromatic rings. The number of amides is 1. The molecule has 0 aliphatic heterocycles. The van der Waals surface area contributed by atoms with E-state index in [4.69, 9.17) is 4.74 Å². The third-order valence-corrected chi connectivity index (χ3v) is 4.07. The summed E-state index contributed by atoms with van der Waals surface area (Å²) in [4.78, 5) is 12.0. The predicted octanol–water partition coefficient (Wildman–Crippen LogP) is 5.20. The van der Waals surface area contributed by atoms with Gasteiger partial charge >= 0.3 is 0 Å². The Balaban J connectivity index is 1.93. The van der Waals surface area contributed by atoms with Crippen LogP contribution in [0.4, 0.5) is 5.69 Å². The van der Waals surface area contributed by atoms with Crippen LogP contribution in [0.1, 0.15) is 24.5 Å². The van der Waals surface area contributed by atoms with Gasteiger partial charge in [-0.1, -0.05) is 41.1 Å². The molecule has 0 bridgehead atoms. The largest absolute Gasteiger partial charge is 0.494 e. The lowest BCUT2D eigenvalue weighted by molar-refractivity contribution is -0.111. The smallest absolute Gasteiger partial charge is 0.248 e. The molecule has 0 saturated carbocycles. The normalized spacial score (nSPS) is 10.7. The highest BCUT2D eigenvalue weighted by Crippen LogP contribution is 2.20. The molecular weight excluding hydrogens is 354 g/mol. The summed E-state index contributed by atoms with van der Waals surface area (Å²) in [6.07, 6.45) is 4.29. The van der Waals surface area contributed by atoms with Crippen molar-refractivity contribution in [2.75, 3.05) is 11.9 Å². The summed E-state index contributed by atoms with van der Waals surface area (Å²) in [5.41, 5.74) is 2.85. The van der Waals surface area contributed by atoms with E-state index >= 15 is 0 Å². The maximum absolute atomic E-state index is 12.0. The van der Waals surface area contributed by atoms with Crippen molar-refractivity contribution >= 4 is 33.6 Å². The summed E-state index contributed by atoms with van der Waals surface area (Å²) >= 11 is 3.46. The molecule has 0 aliphatic rings. The van der Waals surface area contributed by atoms with Crippen molar-refractivity contribution in [1.82, 2.24) is 0 Å². The van der Waals surface area contributed by atoms with Crippen molar-refractivity contribution in [3.05, 3.63) is 64.1 Å². The van der Waals surface area contributed by atoms with Gasteiger partial charge in [-0.25, -0.2) is 0 Å². The van der Waals surface area contributed by atoms with Crippen molar-refractivity contribution in [2.24, 2.45) is 0 Å². The van der Waals surface area contributed by atoms with E-state index in [0.717, 1.165) is 33.5 Å². The minimum Gasteiger partial charge on any atom is -0.494 e. The van der Waals surface area contributed by atoms with Crippen LogP contribution in [0.3, 0.4) is 0 Å². The van der Waals surface area contributed by atoms with E-state index < -0.39 is 0 Å². The number of ether oxygens (including phenoxy) is 1. The van der Waals surface area contributed by atoms with E-state index in [0.29, 0.717) is 6.61 Å². The minimum absolute atomic E-state index is 0.160. The van der Waals surface area contributed by atoms with Crippen LogP contribution < -0.4 is 10.1 Å². The first-order chi connectivity index (χ1) is 11.1. The zero-order valence-electron chi connectivity index (χ0n) is 13.3. The first kappa shape index (κ1) is 17.3. The lowest BCUT2D eigenvalue weighted by Gasteiger charge is -2.05. The summed E-state index contributed by atoms with van der Waals surface area (Å²) < 4.78 is 6.50. The zero-order valence-corrected chi connectivity index (χ0v) is 14.9. The van der Waals surface area contributed by atoms with Crippen molar-refractivity contribution in [3.63, 3.8) is 0 Å². The van der Waals surface area contributed by atoms with E-state index in [1.54, 1.807) is 6.08 Å². The van der Waals surface area contributed by atoms with Crippen LogP contribution in [0, 0.1) is 6.92 Å². The van der Waals surface area contributed by atoms with Gasteiger partial charge in [0.05, 0.1) is 6.61 Å². The first-order valence-corrected chi connectivity index (χ1v) is 8.36. The summed E-state index contributed by atoms with van der Waals surface area (Å²) in [5, 5.41) is 2.84. The molecule has 2 rings (SSSR count). The van der Waals surface area contributed by atoms with Crippen molar-refractivity contribution in [3.8, 4) is 5.75 Å². The average molecular weight is 374 g/mol. The highest BCUT2D eigenvalue weighted by molar-refractivity contribution is 9.10. The molecule has 0 aliphatic carbocycles. The van der Waals surface area contributed by atoms with Crippen LogP contribution in [0.2, 0.25) is 0 Å². The van der Waals surface area contributed by atoms with Crippen LogP contribution >= 0.6 is 15.9 Å². The Hall–Kier alpha value is -2.07. The number of nitrogens with one attached hydrogen (secondary N) is 1. The molecule has 0 saturated heterocycles. The molecule has 0 radical (unpaired) electrons. The molecule has 0 heterocycles. The zero-order chi connectivity index (χ0) is 16.7. The number of hydrogen-bond acceptors (Lipinski definition) is 2. The van der Waals surface area contributed by atoms with Crippen LogP contribution in [-0.4, -0.2) is 12.5 Å². The standard InChI is InChI=1S/C19H20BrNO2/c1-3-12-23-17-9-5-15(6-10-17)7-11-19(22)21-16-8-4-14(2)18(20)13-16/h4-11,13H,3,12H2,1-2H3,(H,21,22)/b11-7+. The van der Waals surface area contributed by atoms with Gasteiger partial charge in [0.1, 0.15) is 5.75 Å². The van der Waals surface area contributed by atoms with Crippen LogP contribution in [-0.2, 0) is 4.79 Å². The fourth-order valence-corrected chi connectivity index (χ4v) is 2.30. The lowest BCUT2D eigenvalue weighted by atomic mass is 10.2. The molecule has 1 N–H and O–H groups in total. The Labute approximate surface area is 145 Å². The maximum atomic E-state index is 12.0. The van der Waals surface area contributed by atoms with E-state index in [-0.39, 0.29) is 5.91 Å². The molecule has 2 aromatic carbocycles. The van der Waals surface area contributed by atoms with Crippen molar-refractivity contribution in [2.45, 2.75) is 20.3 Å². The van der Waals surface area contributed by atoms with Gasteiger partial charge in [0.2, 0.25) is 5.91 Å². The fourth-order valence-electron chi connectivity index (χ4n) is 1.92. The molecule has 0 fully saturated rings. The van der Waals surface area contributed by atoms with Gasteiger partial charge in [0, 0.05) is 16.2 Å². The maximum Gasteiger partial charge on any atom is 0.248 e. The minimum atomic E-state index is -0.160. The lowest BCUT2D eigenvalue weighted by Crippen LogP contribution is -2.07. The second-order valence-corrected chi connectivity index (χ2v) is 6.06. The fraction of sp³-hybridized carbons (Fsp3) is 0.211. The summed E-state index contributed by atoms with van der Waals surface area (Å²) in [5.74, 6) is 0.685. The monoisotopic (exact) mass is 373 g/mol. The molecule has 3 nitrogen and oxygen atoms in total. The number of anilines is 1. The molecule has 0 unspecified atom stereocenters. The Kier molecular flexibility index (Phi) is 6.41. The predicted molar refractivity (Wildman–Crippen MR) is 98.8 cm³/mol. The van der Waals surface area contributed by atoms with Gasteiger partial charge in [-0.05, 0) is 54.8 Å². The third-order valence-electron chi connectivity index (χ3n) is 3.22. The van der Waals surface area contributed by atoms with Gasteiger partial charge in [0.15, 0.2) is 0 Å². The molecule has 1 amide bonds. The topological polar surface area (TPSA) is 38.3 Å². The molecule has 0 aromatic heterocycles. The van der Waals surface area contributed by atoms with Crippen molar-refractivity contribution in [1.29, 1.82) is 0 Å². The highest BCUT2D eigenvalue weighted by Gasteiger charge is 2.01. The number of halogens is 1. The summed E-state index contributed by atoms with van der Waals surface area (Å²) in [6.45, 7) is 4.79. The second kappa shape index (κ2) is 8.53. The summed E-state index contributed by atoms with van der Waals surface area (Å²) in [7, 11) is 0. The average Bonchev–Trinajstić information content (AvgIpc) is 2.55. The van der Waals surface area contributed by atoms with Crippen LogP contribution in [0.5, 0.6) is 5.75 Å². The first-order valence-electron chi connectivity index (χ1n) is 7.56. The van der Waals surface area contributed by atoms with E-state index in [2.05, 4.69) is 28.2 Å². The molecule has 120 valence electrons. The molecule has 4 heteroatoms. The van der Waals surface area contributed by atoms with Gasteiger partial charge in [-0.3, -0.25) is 4.79 Å². The molecular formula is C19H20BrNO2. The van der Waals surface area contributed by atoms with E-state index in [9.17, 15) is 4.79 Å². The number of rotatable bonds is 6. The third kappa shape index (κ3) is 5.57. The molecule has 0 atom stereocenters.